The van der Waals surface area contributed by atoms with E-state index in [9.17, 15) is 14.7 Å². The maximum atomic E-state index is 12.2. The maximum Gasteiger partial charge on any atom is 0.326 e. The Kier molecular flexibility index (Phi) is 5.11. The molecule has 1 heterocycles. The number of carbonyl (C=O) groups excluding carboxylic acids is 1. The molecule has 2 aromatic rings. The molecule has 0 aliphatic rings. The summed E-state index contributed by atoms with van der Waals surface area (Å²) in [5.74, 6) is -1.63. The number of aliphatic carboxylic acids is 1. The Balaban J connectivity index is 2.03. The molecular weight excluding hydrogens is 286 g/mol. The van der Waals surface area contributed by atoms with Gasteiger partial charge in [-0.3, -0.25) is 4.79 Å². The van der Waals surface area contributed by atoms with Crippen molar-refractivity contribution in [2.75, 3.05) is 0 Å². The summed E-state index contributed by atoms with van der Waals surface area (Å²) in [5, 5.41) is 13.8. The van der Waals surface area contributed by atoms with E-state index in [0.29, 0.717) is 0 Å². The van der Waals surface area contributed by atoms with Gasteiger partial charge in [-0.25, -0.2) is 4.79 Å². The van der Waals surface area contributed by atoms with Crippen LogP contribution < -0.4 is 5.32 Å². The number of rotatable bonds is 6. The molecule has 0 spiro atoms. The minimum absolute atomic E-state index is 0.263. The van der Waals surface area contributed by atoms with Gasteiger partial charge in [0.2, 0.25) is 5.91 Å². The molecule has 0 radical (unpaired) electrons. The Labute approximate surface area is 127 Å². The van der Waals surface area contributed by atoms with Gasteiger partial charge in [0.15, 0.2) is 0 Å². The van der Waals surface area contributed by atoms with Crippen LogP contribution in [0, 0.1) is 0 Å². The van der Waals surface area contributed by atoms with E-state index < -0.39 is 12.0 Å². The minimum Gasteiger partial charge on any atom is -0.480 e. The molecule has 0 aliphatic heterocycles. The minimum atomic E-state index is -1.02. The van der Waals surface area contributed by atoms with Gasteiger partial charge < -0.3 is 10.4 Å². The van der Waals surface area contributed by atoms with Crippen molar-refractivity contribution in [2.45, 2.75) is 25.3 Å². The Morgan fingerprint density at radius 2 is 1.90 bits per heavy atom. The smallest absolute Gasteiger partial charge is 0.326 e. The molecule has 2 rings (SSSR count). The van der Waals surface area contributed by atoms with E-state index >= 15 is 0 Å². The number of hydrogen-bond donors (Lipinski definition) is 2. The first kappa shape index (κ1) is 15.3. The van der Waals surface area contributed by atoms with Crippen molar-refractivity contribution in [3.63, 3.8) is 0 Å². The summed E-state index contributed by atoms with van der Waals surface area (Å²) in [5.41, 5.74) is 0.883. The number of nitrogens with one attached hydrogen (secondary N) is 1. The highest BCUT2D eigenvalue weighted by molar-refractivity contribution is 7.10. The van der Waals surface area contributed by atoms with Crippen LogP contribution in [0.3, 0.4) is 0 Å². The Hall–Kier alpha value is -2.14. The van der Waals surface area contributed by atoms with Crippen molar-refractivity contribution in [3.8, 4) is 0 Å². The van der Waals surface area contributed by atoms with Crippen LogP contribution in [-0.4, -0.2) is 23.0 Å². The van der Waals surface area contributed by atoms with Crippen LogP contribution in [0.1, 0.15) is 23.3 Å². The number of amides is 1. The predicted octanol–water partition coefficient (Wildman–Crippen LogP) is 2.66. The number of hydrogen-bond acceptors (Lipinski definition) is 3. The SMILES string of the molecule is C[C@@H](C(=O)N[C@@H](Cc1ccccc1)C(=O)O)c1cccs1. The van der Waals surface area contributed by atoms with Gasteiger partial charge in [-0.05, 0) is 23.9 Å². The van der Waals surface area contributed by atoms with Gasteiger partial charge in [-0.15, -0.1) is 11.3 Å². The van der Waals surface area contributed by atoms with Gasteiger partial charge in [0, 0.05) is 11.3 Å². The third-order valence-corrected chi connectivity index (χ3v) is 4.32. The quantitative estimate of drug-likeness (QED) is 0.862. The van der Waals surface area contributed by atoms with Crippen LogP contribution in [-0.2, 0) is 16.0 Å². The summed E-state index contributed by atoms with van der Waals surface area (Å²) < 4.78 is 0. The molecule has 0 saturated carbocycles. The van der Waals surface area contributed by atoms with Crippen molar-refractivity contribution in [1.82, 2.24) is 5.32 Å². The molecule has 0 fully saturated rings. The molecule has 1 aromatic carbocycles. The number of carboxylic acid groups (broad SMARTS) is 1. The van der Waals surface area contributed by atoms with Gasteiger partial charge in [-0.1, -0.05) is 36.4 Å². The number of benzene rings is 1. The lowest BCUT2D eigenvalue weighted by Crippen LogP contribution is -2.43. The van der Waals surface area contributed by atoms with Crippen molar-refractivity contribution in [2.24, 2.45) is 0 Å². The summed E-state index contributed by atoms with van der Waals surface area (Å²) in [7, 11) is 0. The standard InChI is InChI=1S/C16H17NO3S/c1-11(14-8-5-9-21-14)15(18)17-13(16(19)20)10-12-6-3-2-4-7-12/h2-9,11,13H,10H2,1H3,(H,17,18)(H,19,20)/t11-,13+/m1/s1. The van der Waals surface area contributed by atoms with Crippen LogP contribution in [0.2, 0.25) is 0 Å². The fourth-order valence-corrected chi connectivity index (χ4v) is 2.80. The van der Waals surface area contributed by atoms with E-state index in [0.717, 1.165) is 10.4 Å². The van der Waals surface area contributed by atoms with Gasteiger partial charge in [0.25, 0.3) is 0 Å². The number of carboxylic acids is 1. The van der Waals surface area contributed by atoms with Crippen molar-refractivity contribution in [1.29, 1.82) is 0 Å². The average molecular weight is 303 g/mol. The van der Waals surface area contributed by atoms with Crippen molar-refractivity contribution >= 4 is 23.2 Å². The zero-order valence-corrected chi connectivity index (χ0v) is 12.5. The third-order valence-electron chi connectivity index (χ3n) is 3.26. The average Bonchev–Trinajstić information content (AvgIpc) is 3.00. The monoisotopic (exact) mass is 303 g/mol. The van der Waals surface area contributed by atoms with Crippen LogP contribution in [0.25, 0.3) is 0 Å². The highest BCUT2D eigenvalue weighted by Gasteiger charge is 2.24. The van der Waals surface area contributed by atoms with Crippen molar-refractivity contribution in [3.05, 3.63) is 58.3 Å². The molecule has 0 aliphatic carbocycles. The van der Waals surface area contributed by atoms with E-state index in [1.807, 2.05) is 47.8 Å². The maximum absolute atomic E-state index is 12.2. The first-order valence-electron chi connectivity index (χ1n) is 6.68. The molecule has 1 amide bonds. The fraction of sp³-hybridized carbons (Fsp3) is 0.250. The van der Waals surface area contributed by atoms with E-state index in [1.54, 1.807) is 6.92 Å². The number of thiophene rings is 1. The Morgan fingerprint density at radius 1 is 1.19 bits per heavy atom. The molecule has 0 bridgehead atoms. The lowest BCUT2D eigenvalue weighted by atomic mass is 10.0. The molecule has 1 aromatic heterocycles. The van der Waals surface area contributed by atoms with Crippen LogP contribution >= 0.6 is 11.3 Å². The molecular formula is C16H17NO3S. The molecule has 2 N–H and O–H groups in total. The van der Waals surface area contributed by atoms with Crippen LogP contribution in [0.4, 0.5) is 0 Å². The van der Waals surface area contributed by atoms with E-state index in [4.69, 9.17) is 0 Å². The van der Waals surface area contributed by atoms with E-state index in [-0.39, 0.29) is 18.2 Å². The molecule has 2 atom stereocenters. The Bertz CT molecular complexity index is 595. The van der Waals surface area contributed by atoms with E-state index in [1.165, 1.54) is 11.3 Å². The highest BCUT2D eigenvalue weighted by Crippen LogP contribution is 2.21. The highest BCUT2D eigenvalue weighted by atomic mass is 32.1. The molecule has 0 saturated heterocycles. The second-order valence-electron chi connectivity index (χ2n) is 4.83. The van der Waals surface area contributed by atoms with Gasteiger partial charge in [0.05, 0.1) is 5.92 Å². The molecule has 4 nitrogen and oxygen atoms in total. The van der Waals surface area contributed by atoms with Gasteiger partial charge >= 0.3 is 5.97 Å². The lowest BCUT2D eigenvalue weighted by molar-refractivity contribution is -0.141. The summed E-state index contributed by atoms with van der Waals surface area (Å²) in [6, 6.07) is 12.1. The zero-order valence-electron chi connectivity index (χ0n) is 11.7. The van der Waals surface area contributed by atoms with Crippen molar-refractivity contribution < 1.29 is 14.7 Å². The second kappa shape index (κ2) is 7.04. The Morgan fingerprint density at radius 3 is 2.48 bits per heavy atom. The van der Waals surface area contributed by atoms with Gasteiger partial charge in [-0.2, -0.15) is 0 Å². The summed E-state index contributed by atoms with van der Waals surface area (Å²) in [4.78, 5) is 24.4. The second-order valence-corrected chi connectivity index (χ2v) is 5.81. The van der Waals surface area contributed by atoms with E-state index in [2.05, 4.69) is 5.32 Å². The first-order chi connectivity index (χ1) is 10.1. The zero-order chi connectivity index (χ0) is 15.2. The topological polar surface area (TPSA) is 66.4 Å². The third kappa shape index (κ3) is 4.16. The lowest BCUT2D eigenvalue weighted by Gasteiger charge is -2.17. The predicted molar refractivity (Wildman–Crippen MR) is 82.4 cm³/mol. The molecule has 110 valence electrons. The summed E-state index contributed by atoms with van der Waals surface area (Å²) in [6.45, 7) is 1.78. The largest absolute Gasteiger partial charge is 0.480 e. The first-order valence-corrected chi connectivity index (χ1v) is 7.56. The molecule has 5 heteroatoms. The van der Waals surface area contributed by atoms with Crippen LogP contribution in [0.5, 0.6) is 0 Å². The van der Waals surface area contributed by atoms with Crippen LogP contribution in [0.15, 0.2) is 47.8 Å². The molecule has 21 heavy (non-hydrogen) atoms. The summed E-state index contributed by atoms with van der Waals surface area (Å²) >= 11 is 1.49. The fourth-order valence-electron chi connectivity index (χ4n) is 2.01. The number of carbonyl (C=O) groups is 2. The normalized spacial score (nSPS) is 13.4. The molecule has 0 unspecified atom stereocenters. The van der Waals surface area contributed by atoms with Gasteiger partial charge in [0.1, 0.15) is 6.04 Å². The summed E-state index contributed by atoms with van der Waals surface area (Å²) in [6.07, 6.45) is 0.277.